The SMILES string of the molecule is Oc1ccc(C=Cc2ccccc2Cl)nc1. The zero-order valence-electron chi connectivity index (χ0n) is 8.47. The molecule has 1 aromatic carbocycles. The Labute approximate surface area is 98.8 Å². The first-order valence-corrected chi connectivity index (χ1v) is 5.21. The van der Waals surface area contributed by atoms with Crippen LogP contribution < -0.4 is 0 Å². The lowest BCUT2D eigenvalue weighted by atomic mass is 10.2. The third-order valence-electron chi connectivity index (χ3n) is 2.11. The number of hydrogen-bond acceptors (Lipinski definition) is 2. The quantitative estimate of drug-likeness (QED) is 0.857. The lowest BCUT2D eigenvalue weighted by Gasteiger charge is -1.97. The van der Waals surface area contributed by atoms with Gasteiger partial charge in [-0.05, 0) is 29.8 Å². The van der Waals surface area contributed by atoms with Gasteiger partial charge in [0.1, 0.15) is 5.75 Å². The van der Waals surface area contributed by atoms with E-state index in [2.05, 4.69) is 4.98 Å². The van der Waals surface area contributed by atoms with Gasteiger partial charge in [-0.3, -0.25) is 4.98 Å². The molecule has 16 heavy (non-hydrogen) atoms. The van der Waals surface area contributed by atoms with Crippen molar-refractivity contribution in [2.75, 3.05) is 0 Å². The van der Waals surface area contributed by atoms with Crippen molar-refractivity contribution in [2.45, 2.75) is 0 Å². The Morgan fingerprint density at radius 1 is 1.06 bits per heavy atom. The molecule has 1 heterocycles. The van der Waals surface area contributed by atoms with Gasteiger partial charge in [0.05, 0.1) is 11.9 Å². The minimum Gasteiger partial charge on any atom is -0.506 e. The normalized spacial score (nSPS) is 10.8. The monoisotopic (exact) mass is 231 g/mol. The van der Waals surface area contributed by atoms with Gasteiger partial charge in [0.2, 0.25) is 0 Å². The molecule has 0 aliphatic carbocycles. The lowest BCUT2D eigenvalue weighted by molar-refractivity contribution is 0.472. The molecule has 0 saturated heterocycles. The summed E-state index contributed by atoms with van der Waals surface area (Å²) in [5.41, 5.74) is 1.72. The summed E-state index contributed by atoms with van der Waals surface area (Å²) in [5.74, 6) is 0.162. The van der Waals surface area contributed by atoms with E-state index in [1.165, 1.54) is 6.20 Å². The fourth-order valence-electron chi connectivity index (χ4n) is 1.28. The van der Waals surface area contributed by atoms with Gasteiger partial charge in [-0.1, -0.05) is 35.9 Å². The van der Waals surface area contributed by atoms with Gasteiger partial charge in [0.25, 0.3) is 0 Å². The molecule has 0 atom stereocenters. The van der Waals surface area contributed by atoms with Crippen LogP contribution in [-0.4, -0.2) is 10.1 Å². The second kappa shape index (κ2) is 4.81. The van der Waals surface area contributed by atoms with E-state index in [4.69, 9.17) is 16.7 Å². The van der Waals surface area contributed by atoms with Crippen molar-refractivity contribution >= 4 is 23.8 Å². The van der Waals surface area contributed by atoms with Crippen molar-refractivity contribution in [2.24, 2.45) is 0 Å². The van der Waals surface area contributed by atoms with Gasteiger partial charge in [0.15, 0.2) is 0 Å². The molecule has 0 unspecified atom stereocenters. The molecule has 2 rings (SSSR count). The molecule has 2 aromatic rings. The van der Waals surface area contributed by atoms with Crippen LogP contribution in [0.5, 0.6) is 5.75 Å². The highest BCUT2D eigenvalue weighted by Gasteiger charge is 1.94. The fraction of sp³-hybridized carbons (Fsp3) is 0. The Morgan fingerprint density at radius 3 is 2.56 bits per heavy atom. The van der Waals surface area contributed by atoms with Crippen molar-refractivity contribution in [1.29, 1.82) is 0 Å². The van der Waals surface area contributed by atoms with Crippen molar-refractivity contribution in [3.63, 3.8) is 0 Å². The van der Waals surface area contributed by atoms with Crippen LogP contribution in [0.4, 0.5) is 0 Å². The molecular formula is C13H10ClNO. The Balaban J connectivity index is 2.21. The van der Waals surface area contributed by atoms with Crippen LogP contribution in [0.25, 0.3) is 12.2 Å². The van der Waals surface area contributed by atoms with Crippen LogP contribution >= 0.6 is 11.6 Å². The van der Waals surface area contributed by atoms with Crippen LogP contribution in [0.15, 0.2) is 42.6 Å². The van der Waals surface area contributed by atoms with E-state index in [0.717, 1.165) is 11.3 Å². The second-order valence-corrected chi connectivity index (χ2v) is 3.70. The molecule has 0 bridgehead atoms. The Hall–Kier alpha value is -1.80. The molecule has 0 spiro atoms. The van der Waals surface area contributed by atoms with Crippen LogP contribution in [-0.2, 0) is 0 Å². The van der Waals surface area contributed by atoms with Gasteiger partial charge in [-0.15, -0.1) is 0 Å². The lowest BCUT2D eigenvalue weighted by Crippen LogP contribution is -1.78. The minimum atomic E-state index is 0.162. The van der Waals surface area contributed by atoms with E-state index in [9.17, 15) is 0 Å². The van der Waals surface area contributed by atoms with Gasteiger partial charge in [-0.2, -0.15) is 0 Å². The summed E-state index contributed by atoms with van der Waals surface area (Å²) in [6, 6.07) is 10.9. The summed E-state index contributed by atoms with van der Waals surface area (Å²) in [6.07, 6.45) is 5.15. The molecule has 0 aliphatic rings. The van der Waals surface area contributed by atoms with Crippen molar-refractivity contribution in [1.82, 2.24) is 4.98 Å². The molecule has 1 N–H and O–H groups in total. The maximum Gasteiger partial charge on any atom is 0.133 e. The molecule has 1 aromatic heterocycles. The predicted molar refractivity (Wildman–Crippen MR) is 66.3 cm³/mol. The number of pyridine rings is 1. The van der Waals surface area contributed by atoms with Gasteiger partial charge in [-0.25, -0.2) is 0 Å². The van der Waals surface area contributed by atoms with Crippen LogP contribution in [0, 0.1) is 0 Å². The number of halogens is 1. The number of nitrogens with zero attached hydrogens (tertiary/aromatic N) is 1. The van der Waals surface area contributed by atoms with Crippen molar-refractivity contribution in [3.05, 3.63) is 58.9 Å². The summed E-state index contributed by atoms with van der Waals surface area (Å²) >= 11 is 6.00. The standard InChI is InChI=1S/C13H10ClNO/c14-13-4-2-1-3-10(13)5-6-11-7-8-12(16)9-15-11/h1-9,16H. The Kier molecular flexibility index (Phi) is 3.22. The summed E-state index contributed by atoms with van der Waals surface area (Å²) < 4.78 is 0. The average Bonchev–Trinajstić information content (AvgIpc) is 2.30. The fourth-order valence-corrected chi connectivity index (χ4v) is 1.48. The molecule has 2 nitrogen and oxygen atoms in total. The highest BCUT2D eigenvalue weighted by atomic mass is 35.5. The minimum absolute atomic E-state index is 0.162. The number of rotatable bonds is 2. The first-order valence-electron chi connectivity index (χ1n) is 4.83. The van der Waals surface area contributed by atoms with E-state index < -0.39 is 0 Å². The molecule has 80 valence electrons. The zero-order valence-corrected chi connectivity index (χ0v) is 9.22. The average molecular weight is 232 g/mol. The van der Waals surface area contributed by atoms with E-state index in [0.29, 0.717) is 5.02 Å². The highest BCUT2D eigenvalue weighted by Crippen LogP contribution is 2.17. The number of aromatic nitrogens is 1. The van der Waals surface area contributed by atoms with Gasteiger partial charge < -0.3 is 5.11 Å². The Bertz CT molecular complexity index is 506. The van der Waals surface area contributed by atoms with E-state index in [-0.39, 0.29) is 5.75 Å². The first-order chi connectivity index (χ1) is 7.75. The third kappa shape index (κ3) is 2.61. The topological polar surface area (TPSA) is 33.1 Å². The number of aromatic hydroxyl groups is 1. The Morgan fingerprint density at radius 2 is 1.88 bits per heavy atom. The maximum atomic E-state index is 9.08. The van der Waals surface area contributed by atoms with Crippen LogP contribution in [0.1, 0.15) is 11.3 Å². The largest absolute Gasteiger partial charge is 0.506 e. The van der Waals surface area contributed by atoms with Crippen molar-refractivity contribution in [3.8, 4) is 5.75 Å². The van der Waals surface area contributed by atoms with Gasteiger partial charge in [0, 0.05) is 5.02 Å². The molecule has 3 heteroatoms. The summed E-state index contributed by atoms with van der Waals surface area (Å²) in [7, 11) is 0. The predicted octanol–water partition coefficient (Wildman–Crippen LogP) is 3.61. The number of benzene rings is 1. The molecule has 0 saturated carbocycles. The first kappa shape index (κ1) is 10.7. The summed E-state index contributed by atoms with van der Waals surface area (Å²) in [6.45, 7) is 0. The second-order valence-electron chi connectivity index (χ2n) is 3.30. The molecule has 0 amide bonds. The molecule has 0 aliphatic heterocycles. The van der Waals surface area contributed by atoms with E-state index in [1.807, 2.05) is 36.4 Å². The molecule has 0 fully saturated rings. The molecular weight excluding hydrogens is 222 g/mol. The van der Waals surface area contributed by atoms with Crippen LogP contribution in [0.3, 0.4) is 0 Å². The third-order valence-corrected chi connectivity index (χ3v) is 2.45. The summed E-state index contributed by atoms with van der Waals surface area (Å²) in [5, 5.41) is 9.78. The van der Waals surface area contributed by atoms with Crippen molar-refractivity contribution < 1.29 is 5.11 Å². The summed E-state index contributed by atoms with van der Waals surface area (Å²) in [4.78, 5) is 4.04. The maximum absolute atomic E-state index is 9.08. The highest BCUT2D eigenvalue weighted by molar-refractivity contribution is 6.32. The van der Waals surface area contributed by atoms with E-state index in [1.54, 1.807) is 12.1 Å². The smallest absolute Gasteiger partial charge is 0.133 e. The van der Waals surface area contributed by atoms with Gasteiger partial charge >= 0.3 is 0 Å². The van der Waals surface area contributed by atoms with E-state index >= 15 is 0 Å². The number of hydrogen-bond donors (Lipinski definition) is 1. The zero-order chi connectivity index (χ0) is 11.4. The van der Waals surface area contributed by atoms with Crippen LogP contribution in [0.2, 0.25) is 5.02 Å². The molecule has 0 radical (unpaired) electrons.